The minimum atomic E-state index is -0.118. The Kier molecular flexibility index (Phi) is 8.30. The molecule has 4 rings (SSSR count). The van der Waals surface area contributed by atoms with E-state index in [0.29, 0.717) is 13.2 Å². The molecule has 2 saturated heterocycles. The van der Waals surface area contributed by atoms with Crippen molar-refractivity contribution in [1.82, 2.24) is 0 Å². The Bertz CT molecular complexity index is 766. The highest BCUT2D eigenvalue weighted by Gasteiger charge is 2.41. The third-order valence-corrected chi connectivity index (χ3v) is 6.35. The van der Waals surface area contributed by atoms with E-state index in [9.17, 15) is 0 Å². The fourth-order valence-electron chi connectivity index (χ4n) is 4.60. The number of benzene rings is 2. The molecule has 0 bridgehead atoms. The van der Waals surface area contributed by atoms with Gasteiger partial charge in [-0.05, 0) is 36.8 Å². The molecule has 2 aromatic carbocycles. The van der Waals surface area contributed by atoms with Crippen LogP contribution < -0.4 is 0 Å². The average Bonchev–Trinajstić information content (AvgIpc) is 3.52. The lowest BCUT2D eigenvalue weighted by Gasteiger charge is -2.25. The topological polar surface area (TPSA) is 36.9 Å². The third kappa shape index (κ3) is 5.96. The highest BCUT2D eigenvalue weighted by atomic mass is 16.6. The second kappa shape index (κ2) is 11.6. The summed E-state index contributed by atoms with van der Waals surface area (Å²) >= 11 is 0. The summed E-state index contributed by atoms with van der Waals surface area (Å²) in [6.45, 7) is 9.06. The number of hydrogen-bond donors (Lipinski definition) is 0. The van der Waals surface area contributed by atoms with Crippen LogP contribution in [0, 0.1) is 0 Å². The zero-order valence-corrected chi connectivity index (χ0v) is 18.7. The molecule has 2 heterocycles. The van der Waals surface area contributed by atoms with Crippen LogP contribution in [-0.2, 0) is 32.2 Å². The van der Waals surface area contributed by atoms with E-state index in [-0.39, 0.29) is 36.6 Å². The molecule has 0 N–H and O–H groups in total. The molecule has 0 amide bonds. The van der Waals surface area contributed by atoms with E-state index >= 15 is 0 Å². The van der Waals surface area contributed by atoms with Crippen LogP contribution >= 0.6 is 0 Å². The van der Waals surface area contributed by atoms with Crippen LogP contribution in [0.3, 0.4) is 0 Å². The van der Waals surface area contributed by atoms with Crippen molar-refractivity contribution in [3.05, 3.63) is 97.1 Å². The second-order valence-electron chi connectivity index (χ2n) is 8.57. The maximum Gasteiger partial charge on any atom is 0.102 e. The average molecular weight is 435 g/mol. The first kappa shape index (κ1) is 22.9. The van der Waals surface area contributed by atoms with Crippen molar-refractivity contribution in [3.63, 3.8) is 0 Å². The van der Waals surface area contributed by atoms with Gasteiger partial charge < -0.3 is 18.9 Å². The first-order valence-electron chi connectivity index (χ1n) is 11.6. The maximum atomic E-state index is 6.39. The van der Waals surface area contributed by atoms with Gasteiger partial charge in [0.15, 0.2) is 0 Å². The molecule has 2 aliphatic rings. The highest BCUT2D eigenvalue weighted by molar-refractivity contribution is 5.14. The minimum absolute atomic E-state index is 0.0217. The van der Waals surface area contributed by atoms with Gasteiger partial charge in [0.25, 0.3) is 0 Å². The summed E-state index contributed by atoms with van der Waals surface area (Å²) in [5, 5.41) is 0. The summed E-state index contributed by atoms with van der Waals surface area (Å²) in [7, 11) is 0. The lowest BCUT2D eigenvalue weighted by molar-refractivity contribution is -0.115. The van der Waals surface area contributed by atoms with Gasteiger partial charge in [0, 0.05) is 0 Å². The summed E-state index contributed by atoms with van der Waals surface area (Å²) in [6, 6.07) is 20.4. The van der Waals surface area contributed by atoms with Crippen molar-refractivity contribution >= 4 is 0 Å². The molecule has 0 saturated carbocycles. The summed E-state index contributed by atoms with van der Waals surface area (Å²) in [6.07, 6.45) is 7.57. The molecule has 32 heavy (non-hydrogen) atoms. The van der Waals surface area contributed by atoms with Gasteiger partial charge in [0.2, 0.25) is 0 Å². The molecule has 170 valence electrons. The summed E-state index contributed by atoms with van der Waals surface area (Å²) in [5.74, 6) is 0. The van der Waals surface area contributed by atoms with E-state index < -0.39 is 0 Å². The molecule has 4 nitrogen and oxygen atoms in total. The van der Waals surface area contributed by atoms with E-state index in [4.69, 9.17) is 18.9 Å². The van der Waals surface area contributed by atoms with Crippen LogP contribution in [0.2, 0.25) is 0 Å². The SMILES string of the molecule is C=C[C@@H](OCc1ccccc1)[C@@H]1CC[C@H]([C@H]2CC[C@@H]([C@@H](C=C)OCc3ccccc3)O2)O1. The van der Waals surface area contributed by atoms with Crippen molar-refractivity contribution < 1.29 is 18.9 Å². The third-order valence-electron chi connectivity index (χ3n) is 6.35. The zero-order chi connectivity index (χ0) is 22.2. The van der Waals surface area contributed by atoms with Gasteiger partial charge in [0.05, 0.1) is 37.6 Å². The molecule has 0 spiro atoms. The van der Waals surface area contributed by atoms with E-state index in [1.54, 1.807) is 0 Å². The molecule has 0 aliphatic carbocycles. The van der Waals surface area contributed by atoms with E-state index in [0.717, 1.165) is 36.8 Å². The van der Waals surface area contributed by atoms with Crippen LogP contribution in [0.4, 0.5) is 0 Å². The predicted octanol–water partition coefficient (Wildman–Crippen LogP) is 5.62. The van der Waals surface area contributed by atoms with Crippen LogP contribution in [0.15, 0.2) is 86.0 Å². The van der Waals surface area contributed by atoms with Crippen LogP contribution in [0.25, 0.3) is 0 Å². The standard InChI is InChI=1S/C28H34O4/c1-3-23(29-19-21-11-7-5-8-12-21)25-15-17-27(31-25)28-18-16-26(32-28)24(4-2)30-20-22-13-9-6-10-14-22/h3-14,23-28H,1-2,15-20H2/t23-,24-,25+,26+,27-,28-/m1/s1. The molecule has 0 unspecified atom stereocenters. The van der Waals surface area contributed by atoms with Gasteiger partial charge in [-0.1, -0.05) is 72.8 Å². The monoisotopic (exact) mass is 434 g/mol. The van der Waals surface area contributed by atoms with Gasteiger partial charge in [-0.25, -0.2) is 0 Å². The van der Waals surface area contributed by atoms with Crippen molar-refractivity contribution in [3.8, 4) is 0 Å². The van der Waals surface area contributed by atoms with Crippen molar-refractivity contribution in [2.75, 3.05) is 0 Å². The Labute approximate surface area is 191 Å². The molecule has 2 aliphatic heterocycles. The first-order chi connectivity index (χ1) is 15.8. The summed E-state index contributed by atoms with van der Waals surface area (Å²) in [5.41, 5.74) is 2.31. The van der Waals surface area contributed by atoms with Crippen LogP contribution in [-0.4, -0.2) is 36.6 Å². The lowest BCUT2D eigenvalue weighted by Crippen LogP contribution is -2.33. The largest absolute Gasteiger partial charge is 0.369 e. The number of ether oxygens (including phenoxy) is 4. The molecule has 0 radical (unpaired) electrons. The molecule has 4 heteroatoms. The molecule has 6 atom stereocenters. The number of hydrogen-bond acceptors (Lipinski definition) is 4. The first-order valence-corrected chi connectivity index (χ1v) is 11.6. The van der Waals surface area contributed by atoms with E-state index in [1.165, 1.54) is 0 Å². The minimum Gasteiger partial charge on any atom is -0.369 e. The molecule has 2 aromatic rings. The zero-order valence-electron chi connectivity index (χ0n) is 18.7. The lowest BCUT2D eigenvalue weighted by atomic mass is 10.0. The smallest absolute Gasteiger partial charge is 0.102 e. The van der Waals surface area contributed by atoms with Gasteiger partial charge in [-0.3, -0.25) is 0 Å². The fraction of sp³-hybridized carbons (Fsp3) is 0.429. The number of rotatable bonds is 11. The Morgan fingerprint density at radius 1 is 0.688 bits per heavy atom. The van der Waals surface area contributed by atoms with Crippen LogP contribution in [0.1, 0.15) is 36.8 Å². The van der Waals surface area contributed by atoms with Gasteiger partial charge in [-0.2, -0.15) is 0 Å². The predicted molar refractivity (Wildman–Crippen MR) is 126 cm³/mol. The Morgan fingerprint density at radius 2 is 1.09 bits per heavy atom. The Morgan fingerprint density at radius 3 is 1.47 bits per heavy atom. The highest BCUT2D eigenvalue weighted by Crippen LogP contribution is 2.34. The second-order valence-corrected chi connectivity index (χ2v) is 8.57. The Balaban J connectivity index is 1.25. The summed E-state index contributed by atoms with van der Waals surface area (Å²) in [4.78, 5) is 0. The normalized spacial score (nSPS) is 27.1. The van der Waals surface area contributed by atoms with Crippen molar-refractivity contribution in [2.45, 2.75) is 75.5 Å². The van der Waals surface area contributed by atoms with Crippen molar-refractivity contribution in [1.29, 1.82) is 0 Å². The Hall–Kier alpha value is -2.24. The van der Waals surface area contributed by atoms with Gasteiger partial charge in [0.1, 0.15) is 12.2 Å². The van der Waals surface area contributed by atoms with Crippen LogP contribution in [0.5, 0.6) is 0 Å². The summed E-state index contributed by atoms with van der Waals surface area (Å²) < 4.78 is 25.0. The molecule has 0 aromatic heterocycles. The molecular formula is C28H34O4. The van der Waals surface area contributed by atoms with Gasteiger partial charge in [-0.15, -0.1) is 13.2 Å². The van der Waals surface area contributed by atoms with Crippen molar-refractivity contribution in [2.24, 2.45) is 0 Å². The van der Waals surface area contributed by atoms with E-state index in [1.807, 2.05) is 48.6 Å². The quantitative estimate of drug-likeness (QED) is 0.430. The molecule has 2 fully saturated rings. The maximum absolute atomic E-state index is 6.39. The fourth-order valence-corrected chi connectivity index (χ4v) is 4.60. The van der Waals surface area contributed by atoms with E-state index in [2.05, 4.69) is 37.4 Å². The molecular weight excluding hydrogens is 400 g/mol. The van der Waals surface area contributed by atoms with Gasteiger partial charge >= 0.3 is 0 Å².